The first-order chi connectivity index (χ1) is 31.6. The van der Waals surface area contributed by atoms with E-state index in [9.17, 15) is 0 Å². The van der Waals surface area contributed by atoms with E-state index in [2.05, 4.69) is 48.5 Å². The van der Waals surface area contributed by atoms with Gasteiger partial charge in [0.2, 0.25) is 0 Å². The van der Waals surface area contributed by atoms with Crippen LogP contribution in [0.4, 0.5) is 0 Å². The molecule has 0 heterocycles. The normalized spacial score (nSPS) is 13.5. The van der Waals surface area contributed by atoms with Crippen molar-refractivity contribution in [3.63, 3.8) is 0 Å². The molecule has 5 nitrogen and oxygen atoms in total. The lowest BCUT2D eigenvalue weighted by atomic mass is 9.49. The van der Waals surface area contributed by atoms with Crippen molar-refractivity contribution in [3.8, 4) is 0 Å². The molecule has 0 saturated heterocycles. The van der Waals surface area contributed by atoms with Gasteiger partial charge in [0, 0.05) is 32.1 Å². The van der Waals surface area contributed by atoms with Crippen molar-refractivity contribution in [2.24, 2.45) is 16.7 Å². The Kier molecular flexibility index (Phi) is 42.5. The number of ketones is 5. The minimum absolute atomic E-state index is 0.0847. The van der Waals surface area contributed by atoms with E-state index < -0.39 is 28.2 Å². The van der Waals surface area contributed by atoms with Gasteiger partial charge >= 0.3 is 0 Å². The first kappa shape index (κ1) is 63.4. The molecule has 0 N–H and O–H groups in total. The molecule has 0 aliphatic rings. The zero-order valence-electron chi connectivity index (χ0n) is 44.9. The van der Waals surface area contributed by atoms with Gasteiger partial charge in [0.1, 0.15) is 17.0 Å². The number of Topliss-reactive ketones (excluding diaryl/α,β-unsaturated/α-hetero) is 5. The largest absolute Gasteiger partial charge is 0.299 e. The molecule has 5 heteroatoms. The molecule has 0 bridgehead atoms. The SMILES string of the molecule is CCCCCCCCCCCC(=O)C(C(=O)CCCCCCCCC)(C(=O)CCCCCCCCCC)C(CCCCCCCCCC)(C(=O)CCCCCCCC)C(=O)CCC(C)C. The van der Waals surface area contributed by atoms with E-state index in [-0.39, 0.29) is 56.0 Å². The Morgan fingerprint density at radius 1 is 0.277 bits per heavy atom. The van der Waals surface area contributed by atoms with Gasteiger partial charge in [0.15, 0.2) is 22.8 Å². The molecule has 0 spiro atoms. The Bertz CT molecular complexity index is 1170. The van der Waals surface area contributed by atoms with Crippen LogP contribution < -0.4 is 0 Å². The van der Waals surface area contributed by atoms with Crippen LogP contribution in [0.2, 0.25) is 0 Å². The minimum atomic E-state index is -2.23. The van der Waals surface area contributed by atoms with Crippen molar-refractivity contribution >= 4 is 28.9 Å². The van der Waals surface area contributed by atoms with Crippen LogP contribution in [0.25, 0.3) is 0 Å². The second kappa shape index (κ2) is 43.6. The van der Waals surface area contributed by atoms with Crippen molar-refractivity contribution in [1.82, 2.24) is 0 Å². The predicted molar refractivity (Wildman–Crippen MR) is 281 cm³/mol. The highest BCUT2D eigenvalue weighted by molar-refractivity contribution is 6.32. The van der Waals surface area contributed by atoms with Crippen molar-refractivity contribution in [1.29, 1.82) is 0 Å². The summed E-state index contributed by atoms with van der Waals surface area (Å²) in [5.74, 6) is -1.55. The summed E-state index contributed by atoms with van der Waals surface area (Å²) >= 11 is 0. The fourth-order valence-corrected chi connectivity index (χ4v) is 10.5. The molecule has 0 aliphatic carbocycles. The van der Waals surface area contributed by atoms with E-state index in [1.54, 1.807) is 0 Å². The standard InChI is InChI=1S/C60H112O5/c1-8-13-18-23-28-31-34-39-44-49-58(65)60(56(63)47-42-37-32-26-21-16-11-4,57(64)48-43-38-33-29-24-19-14-9-2)59(55(62)51-50-53(6)7,52-45-40-35-30-25-20-15-10-3)54(61)46-41-36-27-22-17-12-5/h53H,8-52H2,1-7H3. The Labute approximate surface area is 405 Å². The summed E-state index contributed by atoms with van der Waals surface area (Å²) in [5, 5.41) is 0. The van der Waals surface area contributed by atoms with Crippen LogP contribution in [0.1, 0.15) is 337 Å². The lowest BCUT2D eigenvalue weighted by Gasteiger charge is -2.46. The number of carbonyl (C=O) groups excluding carboxylic acids is 5. The minimum Gasteiger partial charge on any atom is -0.299 e. The fraction of sp³-hybridized carbons (Fsp3) is 0.917. The van der Waals surface area contributed by atoms with Gasteiger partial charge in [0.25, 0.3) is 0 Å². The van der Waals surface area contributed by atoms with Crippen LogP contribution >= 0.6 is 0 Å². The monoisotopic (exact) mass is 913 g/mol. The summed E-state index contributed by atoms with van der Waals surface area (Å²) in [5.41, 5.74) is -4.16. The Morgan fingerprint density at radius 2 is 0.492 bits per heavy atom. The second-order valence-electron chi connectivity index (χ2n) is 21.1. The van der Waals surface area contributed by atoms with Gasteiger partial charge in [-0.2, -0.15) is 0 Å². The van der Waals surface area contributed by atoms with Crippen molar-refractivity contribution in [3.05, 3.63) is 0 Å². The van der Waals surface area contributed by atoms with Gasteiger partial charge in [-0.1, -0.05) is 267 Å². The maximum absolute atomic E-state index is 15.7. The summed E-state index contributed by atoms with van der Waals surface area (Å²) in [6.45, 7) is 15.3. The Morgan fingerprint density at radius 3 is 0.754 bits per heavy atom. The van der Waals surface area contributed by atoms with Crippen LogP contribution in [0.5, 0.6) is 0 Å². The number of hydrogen-bond donors (Lipinski definition) is 0. The molecule has 0 radical (unpaired) electrons. The highest BCUT2D eigenvalue weighted by Gasteiger charge is 2.69. The zero-order valence-corrected chi connectivity index (χ0v) is 44.9. The summed E-state index contributed by atoms with van der Waals surface area (Å²) in [4.78, 5) is 78.4. The van der Waals surface area contributed by atoms with E-state index in [0.29, 0.717) is 38.5 Å². The van der Waals surface area contributed by atoms with E-state index >= 15 is 24.0 Å². The summed E-state index contributed by atoms with van der Waals surface area (Å²) in [7, 11) is 0. The highest BCUT2D eigenvalue weighted by atomic mass is 16.2. The lowest BCUT2D eigenvalue weighted by molar-refractivity contribution is -0.172. The van der Waals surface area contributed by atoms with Crippen LogP contribution in [0.15, 0.2) is 0 Å². The predicted octanol–water partition coefficient (Wildman–Crippen LogP) is 19.1. The first-order valence-corrected chi connectivity index (χ1v) is 29.2. The third-order valence-corrected chi connectivity index (χ3v) is 14.7. The number of hydrogen-bond acceptors (Lipinski definition) is 5. The fourth-order valence-electron chi connectivity index (χ4n) is 10.5. The Hall–Kier alpha value is -1.65. The van der Waals surface area contributed by atoms with Gasteiger partial charge in [-0.3, -0.25) is 24.0 Å². The van der Waals surface area contributed by atoms with Gasteiger partial charge in [-0.15, -0.1) is 0 Å². The highest BCUT2D eigenvalue weighted by Crippen LogP contribution is 2.52. The summed E-state index contributed by atoms with van der Waals surface area (Å²) in [6.07, 6.45) is 40.7. The Balaban J connectivity index is 7.50. The molecule has 0 aromatic rings. The van der Waals surface area contributed by atoms with Crippen LogP contribution in [0, 0.1) is 16.7 Å². The quantitative estimate of drug-likeness (QED) is 0.0448. The smallest absolute Gasteiger partial charge is 0.165 e. The molecule has 0 fully saturated rings. The van der Waals surface area contributed by atoms with Crippen molar-refractivity contribution in [2.45, 2.75) is 337 Å². The van der Waals surface area contributed by atoms with Crippen molar-refractivity contribution < 1.29 is 24.0 Å². The number of rotatable bonds is 52. The molecular formula is C60H112O5. The maximum Gasteiger partial charge on any atom is 0.165 e. The average molecular weight is 914 g/mol. The number of carbonyl (C=O) groups is 5. The third-order valence-electron chi connectivity index (χ3n) is 14.7. The molecule has 0 aromatic carbocycles. The van der Waals surface area contributed by atoms with E-state index in [0.717, 1.165) is 109 Å². The van der Waals surface area contributed by atoms with Gasteiger partial charge in [-0.25, -0.2) is 0 Å². The summed E-state index contributed by atoms with van der Waals surface area (Å²) < 4.78 is 0. The molecule has 0 amide bonds. The molecule has 0 saturated carbocycles. The molecular weight excluding hydrogens is 801 g/mol. The van der Waals surface area contributed by atoms with Gasteiger partial charge in [-0.05, 0) is 44.4 Å². The average Bonchev–Trinajstić information content (AvgIpc) is 3.29. The maximum atomic E-state index is 15.7. The van der Waals surface area contributed by atoms with Crippen LogP contribution in [-0.4, -0.2) is 28.9 Å². The molecule has 382 valence electrons. The number of unbranched alkanes of at least 4 members (excludes halogenated alkanes) is 33. The lowest BCUT2D eigenvalue weighted by Crippen LogP contribution is -2.64. The van der Waals surface area contributed by atoms with Crippen LogP contribution in [0.3, 0.4) is 0 Å². The first-order valence-electron chi connectivity index (χ1n) is 29.2. The van der Waals surface area contributed by atoms with Crippen molar-refractivity contribution in [2.75, 3.05) is 0 Å². The van der Waals surface area contributed by atoms with E-state index in [4.69, 9.17) is 0 Å². The molecule has 0 aliphatic heterocycles. The van der Waals surface area contributed by atoms with E-state index in [1.165, 1.54) is 103 Å². The molecule has 0 aromatic heterocycles. The van der Waals surface area contributed by atoms with Gasteiger partial charge in [0.05, 0.1) is 0 Å². The molecule has 2 unspecified atom stereocenters. The second-order valence-corrected chi connectivity index (χ2v) is 21.1. The summed E-state index contributed by atoms with van der Waals surface area (Å²) in [6, 6.07) is 0. The van der Waals surface area contributed by atoms with Gasteiger partial charge < -0.3 is 0 Å². The molecule has 2 atom stereocenters. The third kappa shape index (κ3) is 27.2. The molecule has 0 rings (SSSR count). The topological polar surface area (TPSA) is 85.3 Å². The van der Waals surface area contributed by atoms with Crippen LogP contribution in [-0.2, 0) is 24.0 Å². The van der Waals surface area contributed by atoms with E-state index in [1.807, 2.05) is 0 Å². The molecule has 65 heavy (non-hydrogen) atoms. The zero-order chi connectivity index (χ0) is 48.3.